The van der Waals surface area contributed by atoms with Crippen molar-refractivity contribution < 1.29 is 36.0 Å². The lowest BCUT2D eigenvalue weighted by Gasteiger charge is -2.58. The number of benzene rings is 2. The quantitative estimate of drug-likeness (QED) is 0.331. The first kappa shape index (κ1) is 43.8. The van der Waals surface area contributed by atoms with Crippen LogP contribution < -0.4 is 8.61 Å². The van der Waals surface area contributed by atoms with Crippen molar-refractivity contribution in [2.45, 2.75) is 69.3 Å². The van der Waals surface area contributed by atoms with Gasteiger partial charge in [0.25, 0.3) is 23.6 Å². The second-order valence-corrected chi connectivity index (χ2v) is 38.6. The van der Waals surface area contributed by atoms with Gasteiger partial charge in [-0.1, -0.05) is 79.6 Å². The summed E-state index contributed by atoms with van der Waals surface area (Å²) in [6, 6.07) is 14.3. The standard InChI is InChI=1S/C40H52N6O8S8/c1-35-31(47)43-29-37(23-39(43,57-55-35)33(49)41(35)3,25-15-11-13-17-27(25)45(29)61(51,52)21-19-59(5,6)7)38-24-40-34(50)42(4)36(2,56-58-40)32(48)44(40)30(38)46(28-18-14-12-16-26(28)38)62(53,54)22-20-60(8,9)10/h11-18,29-30H,19-24H2,1-10H3/t29-,30-,35-,36-,37-,38?,39-,40-/m0/s1. The maximum Gasteiger partial charge on any atom is 0.262 e. The van der Waals surface area contributed by atoms with E-state index in [1.807, 2.05) is 61.8 Å². The molecule has 0 aromatic heterocycles. The Balaban J connectivity index is 1.35. The van der Waals surface area contributed by atoms with Crippen LogP contribution in [-0.2, 0) is 50.1 Å². The van der Waals surface area contributed by atoms with E-state index < -0.39 is 94.6 Å². The summed E-state index contributed by atoms with van der Waals surface area (Å²) in [5.41, 5.74) is -1.46. The van der Waals surface area contributed by atoms with E-state index >= 15 is 36.0 Å². The van der Waals surface area contributed by atoms with Crippen LogP contribution in [0.4, 0.5) is 11.4 Å². The van der Waals surface area contributed by atoms with Crippen LogP contribution in [0.25, 0.3) is 0 Å². The maximum atomic E-state index is 15.5. The number of rotatable bonds is 9. The Morgan fingerprint density at radius 2 is 0.871 bits per heavy atom. The van der Waals surface area contributed by atoms with Crippen LogP contribution >= 0.6 is 63.2 Å². The number of likely N-dealkylation sites (N-methyl/N-ethyl adjacent to an activating group) is 2. The largest absolute Gasteiger partial charge is 0.319 e. The first-order valence-electron chi connectivity index (χ1n) is 20.2. The van der Waals surface area contributed by atoms with Gasteiger partial charge in [-0.3, -0.25) is 29.0 Å². The highest BCUT2D eigenvalue weighted by molar-refractivity contribution is 8.78. The predicted molar refractivity (Wildman–Crippen MR) is 258 cm³/mol. The summed E-state index contributed by atoms with van der Waals surface area (Å²) in [6.07, 6.45) is 9.32. The first-order chi connectivity index (χ1) is 28.6. The second kappa shape index (κ2) is 12.9. The van der Waals surface area contributed by atoms with Crippen molar-refractivity contribution >= 4 is 118 Å². The molecule has 14 nitrogen and oxygen atoms in total. The predicted octanol–water partition coefficient (Wildman–Crippen LogP) is 4.23. The fourth-order valence-corrected chi connectivity index (χ4v) is 26.5. The van der Waals surface area contributed by atoms with Crippen LogP contribution in [0.5, 0.6) is 0 Å². The number of para-hydroxylation sites is 2. The molecule has 338 valence electrons. The molecule has 62 heavy (non-hydrogen) atoms. The molecule has 4 amide bonds. The van der Waals surface area contributed by atoms with E-state index in [1.54, 1.807) is 52.2 Å². The third kappa shape index (κ3) is 5.04. The molecule has 8 fully saturated rings. The number of sulfonamides is 2. The molecule has 12 rings (SSSR count). The average Bonchev–Trinajstić information content (AvgIpc) is 3.87. The van der Waals surface area contributed by atoms with Crippen molar-refractivity contribution in [1.82, 2.24) is 19.6 Å². The third-order valence-electron chi connectivity index (χ3n) is 14.6. The smallest absolute Gasteiger partial charge is 0.262 e. The van der Waals surface area contributed by atoms with Gasteiger partial charge in [0.05, 0.1) is 33.7 Å². The van der Waals surface area contributed by atoms with Gasteiger partial charge in [-0.05, 0) is 86.1 Å². The summed E-state index contributed by atoms with van der Waals surface area (Å²) in [4.78, 5) is 61.5. The number of carbonyl (C=O) groups excluding carboxylic acids is 4. The summed E-state index contributed by atoms with van der Waals surface area (Å²) < 4.78 is 64.8. The molecule has 4 bridgehead atoms. The Hall–Kier alpha value is -2.08. The van der Waals surface area contributed by atoms with E-state index in [9.17, 15) is 0 Å². The lowest BCUT2D eigenvalue weighted by Crippen LogP contribution is -2.76. The highest BCUT2D eigenvalue weighted by Crippen LogP contribution is 2.80. The molecule has 0 N–H and O–H groups in total. The summed E-state index contributed by atoms with van der Waals surface area (Å²) in [5.74, 6) is -1.31. The fourth-order valence-electron chi connectivity index (χ4n) is 11.4. The van der Waals surface area contributed by atoms with Crippen molar-refractivity contribution in [2.24, 2.45) is 0 Å². The van der Waals surface area contributed by atoms with Crippen LogP contribution in [0, 0.1) is 0 Å². The molecule has 10 aliphatic rings. The normalized spacial score (nSPS) is 37.5. The van der Waals surface area contributed by atoms with Gasteiger partial charge in [0.2, 0.25) is 20.0 Å². The molecule has 10 heterocycles. The number of fused-ring (bicyclic) bond motifs is 11. The Kier molecular flexibility index (Phi) is 9.09. The SMILES string of the molecule is CN1C(=O)[C@@]23CC4([C@]56C[C@@]78SS[C@@](C)(C(=O)N7[C@H]5N(S(=O)(=O)CCS(C)(C)C)c5ccccc56)N(C)C8=O)c5ccccc5N(S(=O)(=O)CCS(C)(C)C)[C@@H]4N2C(=O)[C@]1(C)SS3. The molecule has 2 aromatic carbocycles. The fraction of sp³-hybridized carbons (Fsp3) is 0.600. The molecule has 0 saturated carbocycles. The van der Waals surface area contributed by atoms with E-state index in [4.69, 9.17) is 0 Å². The van der Waals surface area contributed by atoms with Gasteiger partial charge in [0, 0.05) is 26.9 Å². The lowest BCUT2D eigenvalue weighted by molar-refractivity contribution is -0.164. The van der Waals surface area contributed by atoms with Gasteiger partial charge >= 0.3 is 0 Å². The number of nitrogens with zero attached hydrogens (tertiary/aromatic N) is 6. The topological polar surface area (TPSA) is 156 Å². The monoisotopic (exact) mass is 1000 g/mol. The van der Waals surface area contributed by atoms with Crippen LogP contribution in [0.15, 0.2) is 48.5 Å². The average molecular weight is 1000 g/mol. The van der Waals surface area contributed by atoms with Gasteiger partial charge in [0.15, 0.2) is 19.5 Å². The summed E-state index contributed by atoms with van der Waals surface area (Å²) in [7, 11) is -3.04. The van der Waals surface area contributed by atoms with Crippen molar-refractivity contribution in [3.05, 3.63) is 59.7 Å². The van der Waals surface area contributed by atoms with Gasteiger partial charge in [-0.15, -0.1) is 0 Å². The first-order valence-corrected chi connectivity index (χ1v) is 33.7. The Bertz CT molecular complexity index is 2480. The molecule has 8 saturated heterocycles. The number of anilines is 2. The minimum atomic E-state index is -4.30. The van der Waals surface area contributed by atoms with Gasteiger partial charge in [0.1, 0.15) is 12.3 Å². The molecule has 8 atom stereocenters. The van der Waals surface area contributed by atoms with Gasteiger partial charge in [-0.2, -0.15) is 0 Å². The lowest BCUT2D eigenvalue weighted by atomic mass is 9.54. The number of hydrogen-bond acceptors (Lipinski definition) is 12. The highest BCUT2D eigenvalue weighted by atomic mass is 33.1. The number of amides is 4. The highest BCUT2D eigenvalue weighted by Gasteiger charge is 2.89. The summed E-state index contributed by atoms with van der Waals surface area (Å²) >= 11 is 0. The van der Waals surface area contributed by atoms with Crippen LogP contribution in [0.2, 0.25) is 0 Å². The van der Waals surface area contributed by atoms with E-state index in [2.05, 4.69) is 0 Å². The molecule has 2 spiro atoms. The van der Waals surface area contributed by atoms with Crippen molar-refractivity contribution in [1.29, 1.82) is 0 Å². The molecule has 0 aliphatic carbocycles. The Morgan fingerprint density at radius 3 is 1.21 bits per heavy atom. The van der Waals surface area contributed by atoms with E-state index in [0.717, 1.165) is 0 Å². The zero-order valence-corrected chi connectivity index (χ0v) is 42.8. The van der Waals surface area contributed by atoms with E-state index in [-0.39, 0.29) is 36.2 Å². The third-order valence-corrected chi connectivity index (χ3v) is 28.9. The molecular weight excluding hydrogens is 949 g/mol. The van der Waals surface area contributed by atoms with E-state index in [1.165, 1.54) is 71.4 Å². The van der Waals surface area contributed by atoms with Crippen LogP contribution in [0.1, 0.15) is 37.8 Å². The summed E-state index contributed by atoms with van der Waals surface area (Å²) in [6.45, 7) is 3.37. The van der Waals surface area contributed by atoms with Crippen LogP contribution in [0.3, 0.4) is 0 Å². The van der Waals surface area contributed by atoms with Gasteiger partial charge in [-0.25, -0.2) is 45.5 Å². The molecule has 0 radical (unpaired) electrons. The summed E-state index contributed by atoms with van der Waals surface area (Å²) in [5, 5.41) is 0. The molecular formula is C40H52N6O8S8. The van der Waals surface area contributed by atoms with Crippen molar-refractivity contribution in [3.8, 4) is 0 Å². The number of piperazine rings is 2. The Labute approximate surface area is 383 Å². The van der Waals surface area contributed by atoms with E-state index in [0.29, 0.717) is 34.0 Å². The maximum absolute atomic E-state index is 15.5. The van der Waals surface area contributed by atoms with Crippen molar-refractivity contribution in [3.63, 3.8) is 0 Å². The molecule has 10 aliphatic heterocycles. The molecule has 22 heteroatoms. The number of carbonyl (C=O) groups is 4. The molecule has 2 aromatic rings. The minimum Gasteiger partial charge on any atom is -0.319 e. The zero-order valence-electron chi connectivity index (χ0n) is 36.2. The van der Waals surface area contributed by atoms with Gasteiger partial charge < -0.3 is 9.80 Å². The number of hydrogen-bond donors (Lipinski definition) is 0. The molecule has 1 unspecified atom stereocenters. The van der Waals surface area contributed by atoms with Crippen LogP contribution in [-0.4, -0.2) is 167 Å². The Morgan fingerprint density at radius 1 is 0.532 bits per heavy atom. The van der Waals surface area contributed by atoms with Crippen molar-refractivity contribution in [2.75, 3.05) is 83.3 Å². The second-order valence-electron chi connectivity index (χ2n) is 19.8. The zero-order chi connectivity index (χ0) is 45.0. The minimum absolute atomic E-state index is 0.108.